The monoisotopic (exact) mass is 140 g/mol. The largest absolute Gasteiger partial charge is 0.463 e. The average molecular weight is 140 g/mol. The fraction of sp³-hybridized carbons (Fsp3) is 0.625. The molecular weight excluding hydrogens is 128 g/mol. The lowest BCUT2D eigenvalue weighted by Crippen LogP contribution is -2.04. The smallest absolute Gasteiger partial charge is 0.333 e. The first kappa shape index (κ1) is 7.32. The summed E-state index contributed by atoms with van der Waals surface area (Å²) in [5.74, 6) is -0.144. The molecule has 0 aromatic heterocycles. The Hall–Kier alpha value is -0.790. The molecule has 0 bridgehead atoms. The molecule has 2 heteroatoms. The van der Waals surface area contributed by atoms with Gasteiger partial charge in [0.1, 0.15) is 0 Å². The first-order chi connectivity index (χ1) is 4.75. The minimum Gasteiger partial charge on any atom is -0.463 e. The molecule has 0 unspecified atom stereocenters. The summed E-state index contributed by atoms with van der Waals surface area (Å²) in [6, 6.07) is 0. The van der Waals surface area contributed by atoms with E-state index in [1.165, 1.54) is 5.57 Å². The highest BCUT2D eigenvalue weighted by Crippen LogP contribution is 2.31. The second-order valence-corrected chi connectivity index (χ2v) is 2.45. The van der Waals surface area contributed by atoms with E-state index in [9.17, 15) is 4.79 Å². The Balaban J connectivity index is 2.48. The zero-order valence-electron chi connectivity index (χ0n) is 6.44. The number of allylic oxidation sites excluding steroid dienone is 1. The second-order valence-electron chi connectivity index (χ2n) is 2.45. The lowest BCUT2D eigenvalue weighted by atomic mass is 10.3. The minimum atomic E-state index is -0.144. The van der Waals surface area contributed by atoms with E-state index in [-0.39, 0.29) is 5.97 Å². The van der Waals surface area contributed by atoms with Crippen molar-refractivity contribution < 1.29 is 9.53 Å². The van der Waals surface area contributed by atoms with Gasteiger partial charge in [-0.2, -0.15) is 0 Å². The van der Waals surface area contributed by atoms with E-state index in [2.05, 4.69) is 0 Å². The van der Waals surface area contributed by atoms with Crippen LogP contribution in [-0.2, 0) is 9.53 Å². The lowest BCUT2D eigenvalue weighted by Gasteiger charge is -1.99. The van der Waals surface area contributed by atoms with Crippen molar-refractivity contribution in [2.75, 3.05) is 6.61 Å². The molecule has 0 spiro atoms. The fourth-order valence-corrected chi connectivity index (χ4v) is 0.821. The van der Waals surface area contributed by atoms with Crippen molar-refractivity contribution >= 4 is 5.97 Å². The Morgan fingerprint density at radius 3 is 2.60 bits per heavy atom. The maximum absolute atomic E-state index is 10.9. The van der Waals surface area contributed by atoms with Gasteiger partial charge in [0.05, 0.1) is 6.61 Å². The number of rotatable bonds is 2. The lowest BCUT2D eigenvalue weighted by molar-refractivity contribution is -0.138. The van der Waals surface area contributed by atoms with Crippen LogP contribution in [0.1, 0.15) is 26.7 Å². The van der Waals surface area contributed by atoms with E-state index < -0.39 is 0 Å². The van der Waals surface area contributed by atoms with Crippen LogP contribution in [0.3, 0.4) is 0 Å². The topological polar surface area (TPSA) is 26.3 Å². The molecule has 0 heterocycles. The molecule has 0 aromatic rings. The molecule has 0 aliphatic heterocycles. The van der Waals surface area contributed by atoms with Gasteiger partial charge >= 0.3 is 5.97 Å². The standard InChI is InChI=1S/C8H12O2/c1-3-10-8(9)6(2)7-4-5-7/h3-5H2,1-2H3. The van der Waals surface area contributed by atoms with Crippen LogP contribution < -0.4 is 0 Å². The number of carbonyl (C=O) groups is 1. The molecular formula is C8H12O2. The molecule has 0 N–H and O–H groups in total. The molecule has 1 saturated carbocycles. The Kier molecular flexibility index (Phi) is 2.10. The van der Waals surface area contributed by atoms with E-state index in [0.29, 0.717) is 6.61 Å². The first-order valence-corrected chi connectivity index (χ1v) is 3.61. The van der Waals surface area contributed by atoms with Gasteiger partial charge in [0.15, 0.2) is 0 Å². The highest BCUT2D eigenvalue weighted by molar-refractivity contribution is 5.89. The summed E-state index contributed by atoms with van der Waals surface area (Å²) in [4.78, 5) is 10.9. The maximum Gasteiger partial charge on any atom is 0.333 e. The van der Waals surface area contributed by atoms with Gasteiger partial charge in [0.2, 0.25) is 0 Å². The summed E-state index contributed by atoms with van der Waals surface area (Å²) in [5.41, 5.74) is 2.08. The quantitative estimate of drug-likeness (QED) is 0.430. The normalized spacial score (nSPS) is 14.8. The van der Waals surface area contributed by atoms with Crippen LogP contribution in [0.25, 0.3) is 0 Å². The highest BCUT2D eigenvalue weighted by atomic mass is 16.5. The van der Waals surface area contributed by atoms with Gasteiger partial charge < -0.3 is 4.74 Å². The van der Waals surface area contributed by atoms with Crippen molar-refractivity contribution in [1.29, 1.82) is 0 Å². The van der Waals surface area contributed by atoms with E-state index in [1.807, 2.05) is 13.8 Å². The molecule has 2 nitrogen and oxygen atoms in total. The molecule has 1 rings (SSSR count). The van der Waals surface area contributed by atoms with Crippen molar-refractivity contribution in [2.45, 2.75) is 26.7 Å². The van der Waals surface area contributed by atoms with Gasteiger partial charge in [0, 0.05) is 5.57 Å². The van der Waals surface area contributed by atoms with Crippen LogP contribution in [0.15, 0.2) is 11.1 Å². The predicted octanol–water partition coefficient (Wildman–Crippen LogP) is 1.66. The van der Waals surface area contributed by atoms with Crippen LogP contribution in [0.2, 0.25) is 0 Å². The maximum atomic E-state index is 10.9. The van der Waals surface area contributed by atoms with E-state index >= 15 is 0 Å². The molecule has 0 amide bonds. The SMILES string of the molecule is CCOC(=O)C(C)=C1CC1. The second kappa shape index (κ2) is 2.86. The van der Waals surface area contributed by atoms with Gasteiger partial charge in [-0.15, -0.1) is 0 Å². The van der Waals surface area contributed by atoms with Gasteiger partial charge in [-0.1, -0.05) is 5.57 Å². The van der Waals surface area contributed by atoms with Crippen molar-refractivity contribution in [3.8, 4) is 0 Å². The molecule has 0 radical (unpaired) electrons. The Bertz CT molecular complexity index is 174. The summed E-state index contributed by atoms with van der Waals surface area (Å²) in [7, 11) is 0. The molecule has 1 fully saturated rings. The van der Waals surface area contributed by atoms with Gasteiger partial charge in [-0.05, 0) is 26.7 Å². The molecule has 56 valence electrons. The third-order valence-corrected chi connectivity index (χ3v) is 1.61. The molecule has 10 heavy (non-hydrogen) atoms. The zero-order valence-corrected chi connectivity index (χ0v) is 6.44. The summed E-state index contributed by atoms with van der Waals surface area (Å²) in [6.45, 7) is 4.13. The van der Waals surface area contributed by atoms with Crippen LogP contribution in [0.5, 0.6) is 0 Å². The molecule has 1 aliphatic carbocycles. The molecule has 0 saturated heterocycles. The Morgan fingerprint density at radius 1 is 1.60 bits per heavy atom. The van der Waals surface area contributed by atoms with Crippen molar-refractivity contribution in [1.82, 2.24) is 0 Å². The van der Waals surface area contributed by atoms with Crippen LogP contribution in [0, 0.1) is 0 Å². The highest BCUT2D eigenvalue weighted by Gasteiger charge is 2.19. The third kappa shape index (κ3) is 1.59. The van der Waals surface area contributed by atoms with Crippen LogP contribution >= 0.6 is 0 Å². The molecule has 0 aromatic carbocycles. The van der Waals surface area contributed by atoms with Crippen molar-refractivity contribution in [3.05, 3.63) is 11.1 Å². The fourth-order valence-electron chi connectivity index (χ4n) is 0.821. The van der Waals surface area contributed by atoms with Crippen molar-refractivity contribution in [3.63, 3.8) is 0 Å². The van der Waals surface area contributed by atoms with Crippen LogP contribution in [-0.4, -0.2) is 12.6 Å². The minimum absolute atomic E-state index is 0.144. The summed E-state index contributed by atoms with van der Waals surface area (Å²) in [5, 5.41) is 0. The summed E-state index contributed by atoms with van der Waals surface area (Å²) < 4.78 is 4.81. The first-order valence-electron chi connectivity index (χ1n) is 3.61. The van der Waals surface area contributed by atoms with Gasteiger partial charge in [-0.3, -0.25) is 0 Å². The number of ether oxygens (including phenoxy) is 1. The van der Waals surface area contributed by atoms with Crippen molar-refractivity contribution in [2.24, 2.45) is 0 Å². The zero-order chi connectivity index (χ0) is 7.56. The number of hydrogen-bond acceptors (Lipinski definition) is 2. The van der Waals surface area contributed by atoms with E-state index in [1.54, 1.807) is 0 Å². The Morgan fingerprint density at radius 2 is 2.20 bits per heavy atom. The van der Waals surface area contributed by atoms with Gasteiger partial charge in [0.25, 0.3) is 0 Å². The summed E-state index contributed by atoms with van der Waals surface area (Å²) in [6.07, 6.45) is 2.18. The Labute approximate surface area is 60.9 Å². The molecule has 0 atom stereocenters. The number of esters is 1. The van der Waals surface area contributed by atoms with Crippen LogP contribution in [0.4, 0.5) is 0 Å². The third-order valence-electron chi connectivity index (χ3n) is 1.61. The number of carbonyl (C=O) groups excluding carboxylic acids is 1. The number of hydrogen-bond donors (Lipinski definition) is 0. The van der Waals surface area contributed by atoms with Gasteiger partial charge in [-0.25, -0.2) is 4.79 Å². The van der Waals surface area contributed by atoms with E-state index in [4.69, 9.17) is 4.74 Å². The van der Waals surface area contributed by atoms with E-state index in [0.717, 1.165) is 18.4 Å². The average Bonchev–Trinajstić information content (AvgIpc) is 2.68. The molecule has 1 aliphatic rings. The predicted molar refractivity (Wildman–Crippen MR) is 38.6 cm³/mol. The summed E-state index contributed by atoms with van der Waals surface area (Å²) >= 11 is 0.